The fourth-order valence-corrected chi connectivity index (χ4v) is 13.0. The van der Waals surface area contributed by atoms with Crippen molar-refractivity contribution in [3.63, 3.8) is 0 Å². The molecular formula is C56H63ClF4N8O7. The Hall–Kier alpha value is -6.28. The first-order valence-corrected chi connectivity index (χ1v) is 26.7. The van der Waals surface area contributed by atoms with E-state index < -0.39 is 64.3 Å². The summed E-state index contributed by atoms with van der Waals surface area (Å²) in [4.78, 5) is 56.8. The van der Waals surface area contributed by atoms with Gasteiger partial charge in [0.2, 0.25) is 17.7 Å². The molecule has 76 heavy (non-hydrogen) atoms. The summed E-state index contributed by atoms with van der Waals surface area (Å²) < 4.78 is 78.2. The van der Waals surface area contributed by atoms with Crippen LogP contribution in [0.4, 0.5) is 28.2 Å². The Morgan fingerprint density at radius 3 is 2.30 bits per heavy atom. The Morgan fingerprint density at radius 1 is 0.921 bits per heavy atom. The first kappa shape index (κ1) is 53.1. The largest absolute Gasteiger partial charge is 0.488 e. The zero-order valence-corrected chi connectivity index (χ0v) is 43.5. The van der Waals surface area contributed by atoms with Gasteiger partial charge in [-0.1, -0.05) is 48.9 Å². The molecule has 5 amide bonds. The van der Waals surface area contributed by atoms with Crippen molar-refractivity contribution >= 4 is 52.1 Å². The molecule has 0 spiro atoms. The van der Waals surface area contributed by atoms with Crippen molar-refractivity contribution in [1.82, 2.24) is 30.2 Å². The van der Waals surface area contributed by atoms with E-state index in [-0.39, 0.29) is 106 Å². The van der Waals surface area contributed by atoms with Crippen molar-refractivity contribution in [2.24, 2.45) is 24.6 Å². The number of piperidine rings is 2. The van der Waals surface area contributed by atoms with E-state index in [0.29, 0.717) is 63.3 Å². The Morgan fingerprint density at radius 2 is 1.63 bits per heavy atom. The number of hydrogen-bond acceptors (Lipinski definition) is 10. The number of carbonyl (C=O) groups excluding carboxylic acids is 4. The van der Waals surface area contributed by atoms with Gasteiger partial charge in [-0.15, -0.1) is 0 Å². The van der Waals surface area contributed by atoms with Gasteiger partial charge in [0.15, 0.2) is 28.8 Å². The van der Waals surface area contributed by atoms with Crippen molar-refractivity contribution in [2.75, 3.05) is 57.4 Å². The molecule has 5 aliphatic rings. The number of aryl methyl sites for hydroxylation is 1. The van der Waals surface area contributed by atoms with Gasteiger partial charge in [-0.05, 0) is 107 Å². The molecule has 5 N–H and O–H groups in total. The van der Waals surface area contributed by atoms with E-state index in [1.807, 2.05) is 42.2 Å². The number of aliphatic hydroxyl groups excluding tert-OH is 1. The number of urea groups is 1. The summed E-state index contributed by atoms with van der Waals surface area (Å²) in [7, 11) is 1.56. The summed E-state index contributed by atoms with van der Waals surface area (Å²) in [5, 5.41) is 19.5. The number of ether oxygens (including phenoxy) is 2. The van der Waals surface area contributed by atoms with Gasteiger partial charge < -0.3 is 35.4 Å². The molecule has 404 valence electrons. The number of anilines is 1. The van der Waals surface area contributed by atoms with Crippen LogP contribution in [-0.2, 0) is 22.2 Å². The Labute approximate surface area is 443 Å². The minimum absolute atomic E-state index is 0.0287. The molecule has 5 aromatic rings. The lowest BCUT2D eigenvalue weighted by atomic mass is 9.77. The van der Waals surface area contributed by atoms with Crippen LogP contribution in [0.25, 0.3) is 22.0 Å². The molecule has 0 radical (unpaired) electrons. The number of likely N-dealkylation sites (tertiary alicyclic amines) is 2. The number of nitrogens with two attached hydrogens (primary N) is 1. The number of nitrogens with one attached hydrogen (secondary N) is 2. The molecule has 1 saturated carbocycles. The summed E-state index contributed by atoms with van der Waals surface area (Å²) in [6, 6.07) is 14.0. The third kappa shape index (κ3) is 9.65. The van der Waals surface area contributed by atoms with Crippen LogP contribution in [0.5, 0.6) is 11.5 Å². The molecule has 4 aliphatic heterocycles. The van der Waals surface area contributed by atoms with Gasteiger partial charge in [0.25, 0.3) is 0 Å². The number of aromatic nitrogens is 2. The third-order valence-corrected chi connectivity index (χ3v) is 17.4. The number of primary amides is 1. The van der Waals surface area contributed by atoms with Crippen LogP contribution in [0, 0.1) is 35.1 Å². The molecule has 0 unspecified atom stereocenters. The van der Waals surface area contributed by atoms with Crippen molar-refractivity contribution in [3.8, 4) is 22.6 Å². The van der Waals surface area contributed by atoms with E-state index in [1.54, 1.807) is 7.05 Å². The maximum absolute atomic E-state index is 16.5. The fraction of sp³-hybridized carbons (Fsp3) is 0.482. The average Bonchev–Trinajstić information content (AvgIpc) is 3.90. The molecule has 3 atom stereocenters. The monoisotopic (exact) mass is 1070 g/mol. The van der Waals surface area contributed by atoms with Crippen molar-refractivity contribution in [2.45, 2.75) is 101 Å². The number of amides is 5. The highest BCUT2D eigenvalue weighted by Gasteiger charge is 2.50. The number of hydrogen-bond donors (Lipinski definition) is 4. The molecule has 4 aromatic carbocycles. The number of benzene rings is 4. The van der Waals surface area contributed by atoms with Gasteiger partial charge in [-0.25, -0.2) is 22.4 Å². The number of rotatable bonds is 14. The second kappa shape index (κ2) is 21.6. The minimum Gasteiger partial charge on any atom is -0.488 e. The van der Waals surface area contributed by atoms with Gasteiger partial charge >= 0.3 is 6.03 Å². The first-order chi connectivity index (χ1) is 36.5. The van der Waals surface area contributed by atoms with Gasteiger partial charge in [0.1, 0.15) is 29.5 Å². The van der Waals surface area contributed by atoms with Crippen LogP contribution in [-0.4, -0.2) is 113 Å². The van der Waals surface area contributed by atoms with E-state index in [4.69, 9.17) is 26.8 Å². The number of imide groups is 1. The molecular weight excluding hydrogens is 1010 g/mol. The molecule has 1 aliphatic carbocycles. The van der Waals surface area contributed by atoms with Crippen LogP contribution < -0.4 is 30.7 Å². The Kier molecular flexibility index (Phi) is 15.1. The molecule has 4 fully saturated rings. The fourth-order valence-electron chi connectivity index (χ4n) is 12.8. The van der Waals surface area contributed by atoms with Crippen LogP contribution in [0.2, 0.25) is 5.02 Å². The molecule has 20 heteroatoms. The highest BCUT2D eigenvalue weighted by Crippen LogP contribution is 2.57. The third-order valence-electron chi connectivity index (χ3n) is 17.0. The highest BCUT2D eigenvalue weighted by atomic mass is 35.5. The number of aliphatic hydroxyl groups is 1. The second-order valence-electron chi connectivity index (χ2n) is 21.1. The zero-order valence-electron chi connectivity index (χ0n) is 42.8. The Balaban J connectivity index is 0.748. The molecule has 0 bridgehead atoms. The van der Waals surface area contributed by atoms with Crippen LogP contribution in [0.15, 0.2) is 54.6 Å². The summed E-state index contributed by atoms with van der Waals surface area (Å²) in [5.74, 6) is -5.13. The standard InChI is InChI=1S/C56H63ClF4N8O7/c1-30-44-42(28-40(59)48(57)47(44)46-37(52(62)72)13-14-41(49(46)60)75-26-25-70)76-56(30,35-7-5-4-6-8-35)29-63-36-11-9-34(10-12-36)54(73)68-22-15-32(16-23-68)31(2)67-20-17-33(18-21-67)45-39(58)27-38-51(50(45)61)66(3)65-53(38)69-24-19-43(71)64-55(69)74/h4-8,13-14,27-28,30-34,36,63,70H,9-12,15-26,29H2,1-3H3,(H2,62,72)(H,64,71,74)/t30-,31+,34?,36?,56-/m0/s1. The summed E-state index contributed by atoms with van der Waals surface area (Å²) in [5.41, 5.74) is 5.32. The number of nitrogens with zero attached hydrogens (tertiary/aromatic N) is 5. The summed E-state index contributed by atoms with van der Waals surface area (Å²) in [6.07, 6.45) is 5.76. The zero-order chi connectivity index (χ0) is 53.7. The van der Waals surface area contributed by atoms with E-state index >= 15 is 17.6 Å². The molecule has 5 heterocycles. The quantitative estimate of drug-likeness (QED) is 0.0788. The number of carbonyl (C=O) groups is 4. The van der Waals surface area contributed by atoms with Crippen molar-refractivity contribution in [1.29, 1.82) is 0 Å². The predicted molar refractivity (Wildman–Crippen MR) is 277 cm³/mol. The maximum Gasteiger partial charge on any atom is 0.329 e. The first-order valence-electron chi connectivity index (χ1n) is 26.4. The number of halogens is 5. The molecule has 10 rings (SSSR count). The SMILES string of the molecule is C[C@H](C1CCN(C(=O)C2CCC(NC[C@]3(c4ccccc4)Oc4cc(F)c(Cl)c(-c5c(C(N)=O)ccc(OCCO)c5F)c4[C@@H]3C)CC2)CC1)N1CCC(c2c(F)cc3c(N4CCC(=O)NC4=O)nn(C)c3c2F)CC1. The van der Waals surface area contributed by atoms with Crippen LogP contribution in [0.3, 0.4) is 0 Å². The van der Waals surface area contributed by atoms with Crippen LogP contribution in [0.1, 0.15) is 111 Å². The smallest absolute Gasteiger partial charge is 0.329 e. The second-order valence-corrected chi connectivity index (χ2v) is 21.5. The topological polar surface area (TPSA) is 185 Å². The molecule has 3 saturated heterocycles. The normalized spacial score (nSPS) is 23.1. The van der Waals surface area contributed by atoms with E-state index in [9.17, 15) is 24.3 Å². The van der Waals surface area contributed by atoms with Gasteiger partial charge in [-0.3, -0.25) is 29.3 Å². The average molecular weight is 1070 g/mol. The Bertz CT molecular complexity index is 3070. The van der Waals surface area contributed by atoms with Crippen LogP contribution >= 0.6 is 11.6 Å². The number of fused-ring (bicyclic) bond motifs is 2. The maximum atomic E-state index is 16.5. The minimum atomic E-state index is -1.13. The lowest BCUT2D eigenvalue weighted by Crippen LogP contribution is -2.50. The lowest BCUT2D eigenvalue weighted by molar-refractivity contribution is -0.138. The summed E-state index contributed by atoms with van der Waals surface area (Å²) >= 11 is 6.72. The van der Waals surface area contributed by atoms with Gasteiger partial charge in [-0.2, -0.15) is 5.10 Å². The van der Waals surface area contributed by atoms with Crippen molar-refractivity contribution in [3.05, 3.63) is 105 Å². The van der Waals surface area contributed by atoms with Gasteiger partial charge in [0.05, 0.1) is 22.6 Å². The molecule has 1 aromatic heterocycles. The lowest BCUT2D eigenvalue weighted by Gasteiger charge is -2.43. The predicted octanol–water partition coefficient (Wildman–Crippen LogP) is 8.41. The highest BCUT2D eigenvalue weighted by molar-refractivity contribution is 6.34. The van der Waals surface area contributed by atoms with E-state index in [0.717, 1.165) is 31.2 Å². The van der Waals surface area contributed by atoms with E-state index in [2.05, 4.69) is 27.6 Å². The van der Waals surface area contributed by atoms with Crippen molar-refractivity contribution < 1.29 is 51.3 Å². The summed E-state index contributed by atoms with van der Waals surface area (Å²) in [6.45, 7) is 6.48. The van der Waals surface area contributed by atoms with Gasteiger partial charge in [0, 0.05) is 91.9 Å². The molecule has 15 nitrogen and oxygen atoms in total. The van der Waals surface area contributed by atoms with E-state index in [1.165, 1.54) is 33.8 Å².